The summed E-state index contributed by atoms with van der Waals surface area (Å²) in [5.74, 6) is 0.924. The van der Waals surface area contributed by atoms with Crippen LogP contribution in [0.4, 0.5) is 0 Å². The van der Waals surface area contributed by atoms with Gasteiger partial charge < -0.3 is 14.3 Å². The third-order valence-electron chi connectivity index (χ3n) is 3.91. The van der Waals surface area contributed by atoms with E-state index in [1.165, 1.54) is 0 Å². The Bertz CT molecular complexity index is 798. The summed E-state index contributed by atoms with van der Waals surface area (Å²) in [4.78, 5) is 17.4. The quantitative estimate of drug-likeness (QED) is 0.637. The number of hydrogen-bond acceptors (Lipinski definition) is 5. The number of ether oxygens (including phenoxy) is 2. The molecule has 3 rings (SSSR count). The lowest BCUT2D eigenvalue weighted by Crippen LogP contribution is -2.25. The first-order chi connectivity index (χ1) is 11.6. The zero-order valence-electron chi connectivity index (χ0n) is 13.9. The van der Waals surface area contributed by atoms with Crippen molar-refractivity contribution in [3.63, 3.8) is 0 Å². The van der Waals surface area contributed by atoms with Gasteiger partial charge in [-0.1, -0.05) is 23.4 Å². The van der Waals surface area contributed by atoms with Gasteiger partial charge in [-0.15, -0.1) is 0 Å². The molecule has 2 aromatic rings. The van der Waals surface area contributed by atoms with Gasteiger partial charge in [0.25, 0.3) is 0 Å². The van der Waals surface area contributed by atoms with Crippen LogP contribution in [0.15, 0.2) is 47.6 Å². The summed E-state index contributed by atoms with van der Waals surface area (Å²) < 4.78 is 11.0. The van der Waals surface area contributed by atoms with Crippen LogP contribution in [0.25, 0.3) is 0 Å². The average Bonchev–Trinajstić information content (AvgIpc) is 2.59. The second kappa shape index (κ2) is 6.74. The van der Waals surface area contributed by atoms with E-state index < -0.39 is 5.97 Å². The van der Waals surface area contributed by atoms with Crippen LogP contribution >= 0.6 is 0 Å². The molecule has 1 aliphatic heterocycles. The third kappa shape index (κ3) is 3.25. The largest absolute Gasteiger partial charge is 0.497 e. The lowest BCUT2D eigenvalue weighted by atomic mass is 10.0. The Labute approximate surface area is 140 Å². The number of fused-ring (bicyclic) bond motifs is 1. The van der Waals surface area contributed by atoms with Crippen LogP contribution in [0.1, 0.15) is 34.8 Å². The number of nitrogens with zero attached hydrogens (tertiary/aromatic N) is 1. The van der Waals surface area contributed by atoms with Gasteiger partial charge in [-0.05, 0) is 37.6 Å². The molecule has 0 bridgehead atoms. The first-order valence-electron chi connectivity index (χ1n) is 7.77. The molecule has 0 fully saturated rings. The van der Waals surface area contributed by atoms with Crippen LogP contribution in [-0.2, 0) is 4.84 Å². The molecule has 1 atom stereocenters. The smallest absolute Gasteiger partial charge is 0.366 e. The highest BCUT2D eigenvalue weighted by Gasteiger charge is 2.24. The first kappa shape index (κ1) is 16.1. The van der Waals surface area contributed by atoms with Crippen molar-refractivity contribution in [2.45, 2.75) is 26.4 Å². The topological polar surface area (TPSA) is 57.1 Å². The molecule has 24 heavy (non-hydrogen) atoms. The molecule has 0 aromatic heterocycles. The summed E-state index contributed by atoms with van der Waals surface area (Å²) in [6, 6.07) is 12.8. The fourth-order valence-corrected chi connectivity index (χ4v) is 2.64. The first-order valence-corrected chi connectivity index (χ1v) is 7.77. The van der Waals surface area contributed by atoms with Gasteiger partial charge in [-0.2, -0.15) is 0 Å². The maximum Gasteiger partial charge on any atom is 0.366 e. The van der Waals surface area contributed by atoms with Crippen LogP contribution in [0.5, 0.6) is 11.5 Å². The van der Waals surface area contributed by atoms with E-state index in [-0.39, 0.29) is 6.10 Å². The van der Waals surface area contributed by atoms with Crippen molar-refractivity contribution < 1.29 is 19.1 Å². The number of aryl methyl sites for hydroxylation is 1. The van der Waals surface area contributed by atoms with E-state index in [1.807, 2.05) is 44.2 Å². The van der Waals surface area contributed by atoms with E-state index in [4.69, 9.17) is 14.3 Å². The van der Waals surface area contributed by atoms with Crippen molar-refractivity contribution in [3.05, 3.63) is 59.2 Å². The van der Waals surface area contributed by atoms with Gasteiger partial charge in [-0.3, -0.25) is 0 Å². The monoisotopic (exact) mass is 325 g/mol. The van der Waals surface area contributed by atoms with Crippen LogP contribution in [0.3, 0.4) is 0 Å². The van der Waals surface area contributed by atoms with Crippen molar-refractivity contribution in [2.75, 3.05) is 7.11 Å². The minimum absolute atomic E-state index is 0.0551. The number of methoxy groups -OCH3 is 1. The van der Waals surface area contributed by atoms with Crippen LogP contribution in [0.2, 0.25) is 0 Å². The van der Waals surface area contributed by atoms with Crippen LogP contribution < -0.4 is 9.47 Å². The van der Waals surface area contributed by atoms with Crippen molar-refractivity contribution in [3.8, 4) is 11.5 Å². The molecule has 0 spiro atoms. The van der Waals surface area contributed by atoms with E-state index in [0.717, 1.165) is 11.1 Å². The second-order valence-corrected chi connectivity index (χ2v) is 5.73. The normalized spacial score (nSPS) is 17.8. The number of rotatable bonds is 3. The molecule has 0 radical (unpaired) electrons. The summed E-state index contributed by atoms with van der Waals surface area (Å²) in [7, 11) is 1.60. The molecule has 1 heterocycles. The maximum atomic E-state index is 12.2. The molecular weight excluding hydrogens is 306 g/mol. The fraction of sp³-hybridized carbons (Fsp3) is 0.263. The minimum atomic E-state index is -0.463. The SMILES string of the molecule is COc1ccc2c(c1)O[C@H](C)C/C2=N\OC(=O)c1ccccc1C. The highest BCUT2D eigenvalue weighted by molar-refractivity contribution is 6.04. The van der Waals surface area contributed by atoms with Crippen molar-refractivity contribution in [2.24, 2.45) is 5.16 Å². The van der Waals surface area contributed by atoms with E-state index in [0.29, 0.717) is 29.2 Å². The molecule has 0 saturated heterocycles. The Balaban J connectivity index is 1.86. The summed E-state index contributed by atoms with van der Waals surface area (Å²) in [6.07, 6.45) is 0.515. The highest BCUT2D eigenvalue weighted by Crippen LogP contribution is 2.31. The Morgan fingerprint density at radius 3 is 2.79 bits per heavy atom. The summed E-state index contributed by atoms with van der Waals surface area (Å²) in [5.41, 5.74) is 2.87. The lowest BCUT2D eigenvalue weighted by molar-refractivity contribution is 0.0512. The molecule has 2 aromatic carbocycles. The molecule has 0 aliphatic carbocycles. The van der Waals surface area contributed by atoms with Gasteiger partial charge >= 0.3 is 5.97 Å². The van der Waals surface area contributed by atoms with Gasteiger partial charge in [0.1, 0.15) is 17.6 Å². The fourth-order valence-electron chi connectivity index (χ4n) is 2.64. The summed E-state index contributed by atoms with van der Waals surface area (Å²) >= 11 is 0. The maximum absolute atomic E-state index is 12.2. The number of carbonyl (C=O) groups is 1. The molecular formula is C19H19NO4. The lowest BCUT2D eigenvalue weighted by Gasteiger charge is -2.24. The number of carbonyl (C=O) groups excluding carboxylic acids is 1. The summed E-state index contributed by atoms with van der Waals surface area (Å²) in [5, 5.41) is 4.09. The molecule has 124 valence electrons. The minimum Gasteiger partial charge on any atom is -0.497 e. The van der Waals surface area contributed by atoms with E-state index in [1.54, 1.807) is 19.2 Å². The van der Waals surface area contributed by atoms with Gasteiger partial charge in [0, 0.05) is 18.1 Å². The Morgan fingerprint density at radius 1 is 1.25 bits per heavy atom. The molecule has 5 heteroatoms. The zero-order valence-corrected chi connectivity index (χ0v) is 13.9. The Morgan fingerprint density at radius 2 is 2.04 bits per heavy atom. The van der Waals surface area contributed by atoms with Crippen LogP contribution in [-0.4, -0.2) is 24.9 Å². The molecule has 0 N–H and O–H groups in total. The molecule has 0 amide bonds. The predicted molar refractivity (Wildman–Crippen MR) is 90.8 cm³/mol. The average molecular weight is 325 g/mol. The van der Waals surface area contributed by atoms with Gasteiger partial charge in [0.2, 0.25) is 0 Å². The van der Waals surface area contributed by atoms with Crippen LogP contribution in [0, 0.1) is 6.92 Å². The molecule has 1 aliphatic rings. The predicted octanol–water partition coefficient (Wildman–Crippen LogP) is 3.74. The number of benzene rings is 2. The van der Waals surface area contributed by atoms with Crippen molar-refractivity contribution in [1.82, 2.24) is 0 Å². The Kier molecular flexibility index (Phi) is 4.51. The Hall–Kier alpha value is -2.82. The zero-order chi connectivity index (χ0) is 17.1. The third-order valence-corrected chi connectivity index (χ3v) is 3.91. The highest BCUT2D eigenvalue weighted by atomic mass is 16.7. The second-order valence-electron chi connectivity index (χ2n) is 5.73. The number of oxime groups is 1. The summed E-state index contributed by atoms with van der Waals surface area (Å²) in [6.45, 7) is 3.81. The van der Waals surface area contributed by atoms with Gasteiger partial charge in [0.05, 0.1) is 18.4 Å². The molecule has 0 saturated carbocycles. The standard InChI is InChI=1S/C19H19NO4/c1-12-6-4-5-7-15(12)19(21)24-20-17-10-13(2)23-18-11-14(22-3)8-9-16(17)18/h4-9,11,13H,10H2,1-3H3/b20-17+/t13-/m1/s1. The van der Waals surface area contributed by atoms with Gasteiger partial charge in [-0.25, -0.2) is 4.79 Å². The van der Waals surface area contributed by atoms with Crippen molar-refractivity contribution >= 4 is 11.7 Å². The van der Waals surface area contributed by atoms with E-state index in [9.17, 15) is 4.79 Å². The molecule has 0 unspecified atom stereocenters. The van der Waals surface area contributed by atoms with Crippen molar-refractivity contribution in [1.29, 1.82) is 0 Å². The van der Waals surface area contributed by atoms with E-state index in [2.05, 4.69) is 5.16 Å². The van der Waals surface area contributed by atoms with E-state index >= 15 is 0 Å². The number of hydrogen-bond donors (Lipinski definition) is 0. The van der Waals surface area contributed by atoms with Gasteiger partial charge in [0.15, 0.2) is 0 Å². The molecule has 5 nitrogen and oxygen atoms in total.